The summed E-state index contributed by atoms with van der Waals surface area (Å²) in [6, 6.07) is 24.8. The predicted octanol–water partition coefficient (Wildman–Crippen LogP) is 5.44. The zero-order valence-corrected chi connectivity index (χ0v) is 14.0. The number of hydrogen-bond acceptors (Lipinski definition) is 2. The SMILES string of the molecule is Cc1ccc(/C=C/C(=O)Nc2ccc(Oc3ccccc3)cc2)cc1. The van der Waals surface area contributed by atoms with Crippen LogP contribution in [0.3, 0.4) is 0 Å². The van der Waals surface area contributed by atoms with Gasteiger partial charge in [-0.15, -0.1) is 0 Å². The molecule has 0 aliphatic rings. The van der Waals surface area contributed by atoms with E-state index in [9.17, 15) is 4.79 Å². The van der Waals surface area contributed by atoms with Crippen LogP contribution in [0.1, 0.15) is 11.1 Å². The standard InChI is InChI=1S/C22H19NO2/c1-17-7-9-18(10-8-17)11-16-22(24)23-19-12-14-21(15-13-19)25-20-5-3-2-4-6-20/h2-16H,1H3,(H,23,24)/b16-11+. The number of anilines is 1. The monoisotopic (exact) mass is 329 g/mol. The lowest BCUT2D eigenvalue weighted by Gasteiger charge is -2.07. The minimum Gasteiger partial charge on any atom is -0.457 e. The Labute approximate surface area is 147 Å². The largest absolute Gasteiger partial charge is 0.457 e. The third kappa shape index (κ3) is 5.08. The zero-order chi connectivity index (χ0) is 17.5. The number of rotatable bonds is 5. The Morgan fingerprint density at radius 2 is 1.48 bits per heavy atom. The van der Waals surface area contributed by atoms with Crippen molar-refractivity contribution in [2.75, 3.05) is 5.32 Å². The molecular formula is C22H19NO2. The van der Waals surface area contributed by atoms with Gasteiger partial charge in [-0.3, -0.25) is 4.79 Å². The Morgan fingerprint density at radius 3 is 2.16 bits per heavy atom. The summed E-state index contributed by atoms with van der Waals surface area (Å²) < 4.78 is 5.73. The van der Waals surface area contributed by atoms with Crippen LogP contribution in [0.25, 0.3) is 6.08 Å². The molecule has 0 aliphatic carbocycles. The molecule has 0 fully saturated rings. The van der Waals surface area contributed by atoms with Gasteiger partial charge in [0.25, 0.3) is 0 Å². The summed E-state index contributed by atoms with van der Waals surface area (Å²) in [6.07, 6.45) is 3.32. The van der Waals surface area contributed by atoms with Gasteiger partial charge < -0.3 is 10.1 Å². The van der Waals surface area contributed by atoms with Gasteiger partial charge >= 0.3 is 0 Å². The third-order valence-corrected chi connectivity index (χ3v) is 3.61. The zero-order valence-electron chi connectivity index (χ0n) is 14.0. The van der Waals surface area contributed by atoms with Crippen LogP contribution in [-0.2, 0) is 4.79 Å². The number of carbonyl (C=O) groups excluding carboxylic acids is 1. The maximum absolute atomic E-state index is 12.0. The second kappa shape index (κ2) is 7.97. The Hall–Kier alpha value is -3.33. The molecule has 0 heterocycles. The first-order chi connectivity index (χ1) is 12.2. The van der Waals surface area contributed by atoms with Gasteiger partial charge in [0.05, 0.1) is 0 Å². The van der Waals surface area contributed by atoms with E-state index in [4.69, 9.17) is 4.74 Å². The van der Waals surface area contributed by atoms with Crippen LogP contribution in [0.15, 0.2) is 84.9 Å². The van der Waals surface area contributed by atoms with Gasteiger partial charge in [0.2, 0.25) is 5.91 Å². The van der Waals surface area contributed by atoms with Crippen LogP contribution in [0.2, 0.25) is 0 Å². The van der Waals surface area contributed by atoms with Crippen molar-refractivity contribution in [3.63, 3.8) is 0 Å². The van der Waals surface area contributed by atoms with E-state index in [1.54, 1.807) is 6.08 Å². The number of hydrogen-bond donors (Lipinski definition) is 1. The first-order valence-corrected chi connectivity index (χ1v) is 8.08. The van der Waals surface area contributed by atoms with E-state index < -0.39 is 0 Å². The van der Waals surface area contributed by atoms with Crippen LogP contribution >= 0.6 is 0 Å². The summed E-state index contributed by atoms with van der Waals surface area (Å²) in [4.78, 5) is 12.0. The molecule has 1 N–H and O–H groups in total. The highest BCUT2D eigenvalue weighted by Gasteiger charge is 2.00. The molecule has 1 amide bonds. The number of para-hydroxylation sites is 1. The van der Waals surface area contributed by atoms with Crippen LogP contribution < -0.4 is 10.1 Å². The topological polar surface area (TPSA) is 38.3 Å². The van der Waals surface area contributed by atoms with Gasteiger partial charge in [0.15, 0.2) is 0 Å². The molecule has 3 aromatic carbocycles. The minimum absolute atomic E-state index is 0.169. The molecule has 0 aliphatic heterocycles. The van der Waals surface area contributed by atoms with Crippen molar-refractivity contribution in [2.45, 2.75) is 6.92 Å². The summed E-state index contributed by atoms with van der Waals surface area (Å²) in [5.74, 6) is 1.33. The fourth-order valence-corrected chi connectivity index (χ4v) is 2.26. The van der Waals surface area contributed by atoms with E-state index in [1.807, 2.05) is 85.8 Å². The van der Waals surface area contributed by atoms with E-state index in [2.05, 4.69) is 5.32 Å². The average molecular weight is 329 g/mol. The first kappa shape index (κ1) is 16.5. The van der Waals surface area contributed by atoms with E-state index >= 15 is 0 Å². The van der Waals surface area contributed by atoms with Gasteiger partial charge in [0.1, 0.15) is 11.5 Å². The summed E-state index contributed by atoms with van der Waals surface area (Å²) in [5, 5.41) is 2.83. The highest BCUT2D eigenvalue weighted by atomic mass is 16.5. The van der Waals surface area contributed by atoms with Crippen LogP contribution in [-0.4, -0.2) is 5.91 Å². The van der Waals surface area contributed by atoms with Crippen LogP contribution in [0.5, 0.6) is 11.5 Å². The van der Waals surface area contributed by atoms with E-state index in [1.165, 1.54) is 11.6 Å². The lowest BCUT2D eigenvalue weighted by molar-refractivity contribution is -0.111. The summed E-state index contributed by atoms with van der Waals surface area (Å²) in [6.45, 7) is 2.03. The molecule has 0 saturated carbocycles. The quantitative estimate of drug-likeness (QED) is 0.633. The number of carbonyl (C=O) groups is 1. The fraction of sp³-hybridized carbons (Fsp3) is 0.0455. The van der Waals surface area contributed by atoms with Crippen molar-refractivity contribution in [1.82, 2.24) is 0 Å². The van der Waals surface area contributed by atoms with Crippen molar-refractivity contribution in [1.29, 1.82) is 0 Å². The number of aryl methyl sites for hydroxylation is 1. The molecule has 3 rings (SSSR count). The number of ether oxygens (including phenoxy) is 1. The molecule has 0 atom stereocenters. The Balaban J connectivity index is 1.57. The maximum atomic E-state index is 12.0. The Kier molecular flexibility index (Phi) is 5.27. The smallest absolute Gasteiger partial charge is 0.248 e. The van der Waals surface area contributed by atoms with Crippen molar-refractivity contribution < 1.29 is 9.53 Å². The van der Waals surface area contributed by atoms with Crippen molar-refractivity contribution in [2.24, 2.45) is 0 Å². The van der Waals surface area contributed by atoms with E-state index in [0.29, 0.717) is 0 Å². The minimum atomic E-state index is -0.169. The first-order valence-electron chi connectivity index (χ1n) is 8.08. The predicted molar refractivity (Wildman–Crippen MR) is 102 cm³/mol. The summed E-state index contributed by atoms with van der Waals surface area (Å²) in [5.41, 5.74) is 2.91. The van der Waals surface area contributed by atoms with Crippen LogP contribution in [0, 0.1) is 6.92 Å². The second-order valence-corrected chi connectivity index (χ2v) is 5.67. The molecule has 0 spiro atoms. The molecule has 0 aromatic heterocycles. The molecule has 3 nitrogen and oxygen atoms in total. The normalized spacial score (nSPS) is 10.6. The lowest BCUT2D eigenvalue weighted by Crippen LogP contribution is -2.07. The highest BCUT2D eigenvalue weighted by Crippen LogP contribution is 2.22. The molecule has 3 heteroatoms. The van der Waals surface area contributed by atoms with Crippen molar-refractivity contribution in [3.05, 3.63) is 96.1 Å². The molecule has 25 heavy (non-hydrogen) atoms. The average Bonchev–Trinajstić information content (AvgIpc) is 2.64. The van der Waals surface area contributed by atoms with Crippen molar-refractivity contribution in [3.8, 4) is 11.5 Å². The maximum Gasteiger partial charge on any atom is 0.248 e. The molecule has 0 unspecified atom stereocenters. The van der Waals surface area contributed by atoms with E-state index in [-0.39, 0.29) is 5.91 Å². The molecule has 0 bridgehead atoms. The fourth-order valence-electron chi connectivity index (χ4n) is 2.26. The Bertz CT molecular complexity index is 851. The lowest BCUT2D eigenvalue weighted by atomic mass is 10.1. The molecule has 0 saturated heterocycles. The second-order valence-electron chi connectivity index (χ2n) is 5.67. The van der Waals surface area contributed by atoms with Crippen molar-refractivity contribution >= 4 is 17.7 Å². The number of amides is 1. The molecule has 3 aromatic rings. The van der Waals surface area contributed by atoms with Gasteiger partial charge in [-0.05, 0) is 55.0 Å². The Morgan fingerprint density at radius 1 is 0.840 bits per heavy atom. The molecule has 0 radical (unpaired) electrons. The molecule has 124 valence electrons. The van der Waals surface area contributed by atoms with Gasteiger partial charge in [-0.25, -0.2) is 0 Å². The van der Waals surface area contributed by atoms with Gasteiger partial charge in [0, 0.05) is 11.8 Å². The number of nitrogens with one attached hydrogen (secondary N) is 1. The summed E-state index contributed by atoms with van der Waals surface area (Å²) >= 11 is 0. The summed E-state index contributed by atoms with van der Waals surface area (Å²) in [7, 11) is 0. The third-order valence-electron chi connectivity index (χ3n) is 3.61. The molecular weight excluding hydrogens is 310 g/mol. The van der Waals surface area contributed by atoms with Crippen LogP contribution in [0.4, 0.5) is 5.69 Å². The van der Waals surface area contributed by atoms with E-state index in [0.717, 1.165) is 22.7 Å². The van der Waals surface area contributed by atoms with Gasteiger partial charge in [-0.1, -0.05) is 48.0 Å². The highest BCUT2D eigenvalue weighted by molar-refractivity contribution is 6.01. The van der Waals surface area contributed by atoms with Gasteiger partial charge in [-0.2, -0.15) is 0 Å². The number of benzene rings is 3.